The molecule has 2 heterocycles. The minimum atomic E-state index is -0.535. The summed E-state index contributed by atoms with van der Waals surface area (Å²) >= 11 is 11.7. The zero-order valence-electron chi connectivity index (χ0n) is 14.8. The molecular weight excluding hydrogens is 368 g/mol. The fourth-order valence-corrected chi connectivity index (χ4v) is 4.21. The third-order valence-corrected chi connectivity index (χ3v) is 5.55. The van der Waals surface area contributed by atoms with Crippen LogP contribution in [0.2, 0.25) is 5.02 Å². The second-order valence-corrected chi connectivity index (χ2v) is 7.63. The fraction of sp³-hybridized carbons (Fsp3) is 0.350. The third kappa shape index (κ3) is 2.99. The number of benzene rings is 2. The van der Waals surface area contributed by atoms with E-state index in [4.69, 9.17) is 33.3 Å². The normalized spacial score (nSPS) is 23.7. The Morgan fingerprint density at radius 3 is 2.81 bits per heavy atom. The molecule has 1 saturated heterocycles. The SMILES string of the molecule is CCOc1cccc2c1OC1(C)CC2NC(=S)N1Cc1ccc(Cl)cc1. The number of halogens is 1. The number of nitrogens with zero attached hydrogens (tertiary/aromatic N) is 1. The van der Waals surface area contributed by atoms with E-state index in [1.807, 2.05) is 43.3 Å². The lowest BCUT2D eigenvalue weighted by molar-refractivity contribution is -0.0738. The van der Waals surface area contributed by atoms with Crippen LogP contribution in [-0.2, 0) is 6.54 Å². The van der Waals surface area contributed by atoms with Gasteiger partial charge < -0.3 is 19.7 Å². The predicted molar refractivity (Wildman–Crippen MR) is 107 cm³/mol. The molecule has 0 amide bonds. The first kappa shape index (κ1) is 17.4. The zero-order chi connectivity index (χ0) is 18.3. The van der Waals surface area contributed by atoms with Crippen molar-refractivity contribution in [2.24, 2.45) is 0 Å². The number of hydrogen-bond acceptors (Lipinski definition) is 3. The maximum absolute atomic E-state index is 6.50. The maximum Gasteiger partial charge on any atom is 0.184 e. The van der Waals surface area contributed by atoms with Crippen molar-refractivity contribution in [2.45, 2.75) is 38.6 Å². The summed E-state index contributed by atoms with van der Waals surface area (Å²) < 4.78 is 12.3. The third-order valence-electron chi connectivity index (χ3n) is 4.96. The molecule has 2 aliphatic rings. The molecule has 2 unspecified atom stereocenters. The number of hydrogen-bond donors (Lipinski definition) is 1. The van der Waals surface area contributed by atoms with Crippen LogP contribution in [0.3, 0.4) is 0 Å². The summed E-state index contributed by atoms with van der Waals surface area (Å²) in [7, 11) is 0. The Bertz CT molecular complexity index is 842. The van der Waals surface area contributed by atoms with Crippen LogP contribution in [0, 0.1) is 0 Å². The molecule has 0 aromatic heterocycles. The molecule has 4 nitrogen and oxygen atoms in total. The topological polar surface area (TPSA) is 33.7 Å². The molecule has 4 rings (SSSR count). The largest absolute Gasteiger partial charge is 0.490 e. The van der Waals surface area contributed by atoms with Crippen LogP contribution in [0.25, 0.3) is 0 Å². The predicted octanol–water partition coefficient (Wildman–Crippen LogP) is 4.67. The van der Waals surface area contributed by atoms with Crippen LogP contribution < -0.4 is 14.8 Å². The molecule has 2 aromatic carbocycles. The van der Waals surface area contributed by atoms with Gasteiger partial charge in [0.15, 0.2) is 22.3 Å². The Balaban J connectivity index is 1.69. The molecule has 2 aromatic rings. The lowest BCUT2D eigenvalue weighted by Gasteiger charge is -2.52. The van der Waals surface area contributed by atoms with E-state index in [0.29, 0.717) is 18.3 Å². The van der Waals surface area contributed by atoms with Crippen molar-refractivity contribution in [2.75, 3.05) is 6.61 Å². The molecule has 0 radical (unpaired) electrons. The Hall–Kier alpha value is -1.98. The van der Waals surface area contributed by atoms with Crippen LogP contribution >= 0.6 is 23.8 Å². The molecule has 0 aliphatic carbocycles. The van der Waals surface area contributed by atoms with Crippen LogP contribution in [0.1, 0.15) is 37.4 Å². The van der Waals surface area contributed by atoms with E-state index in [0.717, 1.165) is 34.1 Å². The van der Waals surface area contributed by atoms with Gasteiger partial charge in [-0.3, -0.25) is 0 Å². The monoisotopic (exact) mass is 388 g/mol. The first-order chi connectivity index (χ1) is 12.5. The minimum absolute atomic E-state index is 0.123. The Labute approximate surface area is 164 Å². The molecule has 2 aliphatic heterocycles. The number of thiocarbonyl (C=S) groups is 1. The highest BCUT2D eigenvalue weighted by molar-refractivity contribution is 7.80. The van der Waals surface area contributed by atoms with E-state index in [2.05, 4.69) is 23.2 Å². The molecule has 1 fully saturated rings. The van der Waals surface area contributed by atoms with Crippen molar-refractivity contribution in [1.82, 2.24) is 10.2 Å². The maximum atomic E-state index is 6.50. The zero-order valence-corrected chi connectivity index (χ0v) is 16.4. The van der Waals surface area contributed by atoms with Gasteiger partial charge in [0.1, 0.15) is 0 Å². The quantitative estimate of drug-likeness (QED) is 0.770. The molecule has 2 atom stereocenters. The van der Waals surface area contributed by atoms with Gasteiger partial charge >= 0.3 is 0 Å². The van der Waals surface area contributed by atoms with Gasteiger partial charge in [0, 0.05) is 23.6 Å². The Morgan fingerprint density at radius 1 is 1.31 bits per heavy atom. The number of ether oxygens (including phenoxy) is 2. The van der Waals surface area contributed by atoms with Crippen molar-refractivity contribution >= 4 is 28.9 Å². The smallest absolute Gasteiger partial charge is 0.184 e. The highest BCUT2D eigenvalue weighted by atomic mass is 35.5. The van der Waals surface area contributed by atoms with Gasteiger partial charge in [0.2, 0.25) is 0 Å². The lowest BCUT2D eigenvalue weighted by atomic mass is 9.90. The average molecular weight is 389 g/mol. The summed E-state index contributed by atoms with van der Waals surface area (Å²) in [5.41, 5.74) is 1.69. The average Bonchev–Trinajstić information content (AvgIpc) is 2.61. The summed E-state index contributed by atoms with van der Waals surface area (Å²) in [4.78, 5) is 2.10. The van der Waals surface area contributed by atoms with Crippen LogP contribution in [0.15, 0.2) is 42.5 Å². The van der Waals surface area contributed by atoms with Gasteiger partial charge in [-0.25, -0.2) is 0 Å². The molecule has 6 heteroatoms. The fourth-order valence-electron chi connectivity index (χ4n) is 3.68. The van der Waals surface area contributed by atoms with E-state index in [1.165, 1.54) is 0 Å². The molecule has 2 bridgehead atoms. The van der Waals surface area contributed by atoms with Gasteiger partial charge in [0.05, 0.1) is 12.6 Å². The molecule has 0 saturated carbocycles. The Kier molecular flexibility index (Phi) is 4.45. The second-order valence-electron chi connectivity index (χ2n) is 6.80. The number of nitrogens with one attached hydrogen (secondary N) is 1. The van der Waals surface area contributed by atoms with Crippen molar-refractivity contribution in [3.8, 4) is 11.5 Å². The minimum Gasteiger partial charge on any atom is -0.490 e. The molecule has 1 N–H and O–H groups in total. The van der Waals surface area contributed by atoms with Gasteiger partial charge in [-0.2, -0.15) is 0 Å². The molecule has 26 heavy (non-hydrogen) atoms. The summed E-state index contributed by atoms with van der Waals surface area (Å²) in [6, 6.07) is 14.0. The summed E-state index contributed by atoms with van der Waals surface area (Å²) in [6.45, 7) is 5.32. The van der Waals surface area contributed by atoms with E-state index in [1.54, 1.807) is 0 Å². The second kappa shape index (κ2) is 6.63. The van der Waals surface area contributed by atoms with Crippen molar-refractivity contribution < 1.29 is 9.47 Å². The first-order valence-corrected chi connectivity index (χ1v) is 9.56. The number of fused-ring (bicyclic) bond motifs is 4. The highest BCUT2D eigenvalue weighted by Gasteiger charge is 2.48. The van der Waals surface area contributed by atoms with Crippen LogP contribution in [0.4, 0.5) is 0 Å². The highest BCUT2D eigenvalue weighted by Crippen LogP contribution is 2.48. The Morgan fingerprint density at radius 2 is 2.08 bits per heavy atom. The summed E-state index contributed by atoms with van der Waals surface area (Å²) in [5.74, 6) is 1.59. The van der Waals surface area contributed by atoms with E-state index in [9.17, 15) is 0 Å². The lowest BCUT2D eigenvalue weighted by Crippen LogP contribution is -2.64. The van der Waals surface area contributed by atoms with Crippen molar-refractivity contribution in [1.29, 1.82) is 0 Å². The van der Waals surface area contributed by atoms with Crippen molar-refractivity contribution in [3.63, 3.8) is 0 Å². The van der Waals surface area contributed by atoms with E-state index < -0.39 is 5.72 Å². The van der Waals surface area contributed by atoms with Gasteiger partial charge in [0.25, 0.3) is 0 Å². The van der Waals surface area contributed by atoms with E-state index >= 15 is 0 Å². The van der Waals surface area contributed by atoms with Gasteiger partial charge in [-0.15, -0.1) is 0 Å². The first-order valence-electron chi connectivity index (χ1n) is 8.77. The molecule has 0 spiro atoms. The van der Waals surface area contributed by atoms with Crippen LogP contribution in [-0.4, -0.2) is 22.3 Å². The molecule has 136 valence electrons. The molecular formula is C20H21ClN2O2S. The summed E-state index contributed by atoms with van der Waals surface area (Å²) in [5, 5.41) is 4.90. The summed E-state index contributed by atoms with van der Waals surface area (Å²) in [6.07, 6.45) is 0.809. The standard InChI is InChI=1S/C20H21ClN2O2S/c1-3-24-17-6-4-5-15-16-11-20(2,25-18(15)17)23(19(26)22-16)12-13-7-9-14(21)10-8-13/h4-10,16H,3,11-12H2,1-2H3,(H,22,26). The van der Waals surface area contributed by atoms with E-state index in [-0.39, 0.29) is 6.04 Å². The van der Waals surface area contributed by atoms with Gasteiger partial charge in [-0.1, -0.05) is 35.9 Å². The van der Waals surface area contributed by atoms with Gasteiger partial charge in [-0.05, 0) is 49.8 Å². The number of rotatable bonds is 4. The number of para-hydroxylation sites is 1. The van der Waals surface area contributed by atoms with Crippen LogP contribution in [0.5, 0.6) is 11.5 Å². The van der Waals surface area contributed by atoms with Crippen molar-refractivity contribution in [3.05, 3.63) is 58.6 Å².